The van der Waals surface area contributed by atoms with Crippen LogP contribution in [0, 0.1) is 0 Å². The van der Waals surface area contributed by atoms with Crippen molar-refractivity contribution in [1.29, 1.82) is 0 Å². The molecule has 0 aliphatic carbocycles. The van der Waals surface area contributed by atoms with Crippen LogP contribution in [-0.2, 0) is 20.6 Å². The lowest BCUT2D eigenvalue weighted by atomic mass is 9.90. The second-order valence-corrected chi connectivity index (χ2v) is 9.03. The monoisotopic (exact) mass is 494 g/mol. The number of rotatable bonds is 9. The first-order valence-electron chi connectivity index (χ1n) is 11.5. The summed E-state index contributed by atoms with van der Waals surface area (Å²) in [6.45, 7) is 1.90. The summed E-state index contributed by atoms with van der Waals surface area (Å²) in [4.78, 5) is 0. The topological polar surface area (TPSA) is 118 Å². The summed E-state index contributed by atoms with van der Waals surface area (Å²) in [5, 5.41) is 40.5. The van der Waals surface area contributed by atoms with Crippen LogP contribution in [0.3, 0.4) is 0 Å². The zero-order valence-electron chi connectivity index (χ0n) is 18.8. The zero-order chi connectivity index (χ0) is 24.1. The highest BCUT2D eigenvalue weighted by molar-refractivity contribution is 6.31. The van der Waals surface area contributed by atoms with E-state index < -0.39 is 37.1 Å². The van der Waals surface area contributed by atoms with Crippen molar-refractivity contribution in [1.82, 2.24) is 0 Å². The van der Waals surface area contributed by atoms with E-state index in [1.807, 2.05) is 30.3 Å². The fraction of sp³-hybridized carbons (Fsp3) is 0.520. The first kappa shape index (κ1) is 25.3. The lowest BCUT2D eigenvalue weighted by Gasteiger charge is -2.40. The van der Waals surface area contributed by atoms with Gasteiger partial charge in [-0.15, -0.1) is 0 Å². The average molecular weight is 495 g/mol. The van der Waals surface area contributed by atoms with Crippen LogP contribution in [0.5, 0.6) is 5.75 Å². The van der Waals surface area contributed by atoms with E-state index in [1.165, 1.54) is 0 Å². The maximum absolute atomic E-state index is 10.4. The fourth-order valence-electron chi connectivity index (χ4n) is 4.23. The Morgan fingerprint density at radius 3 is 2.47 bits per heavy atom. The quantitative estimate of drug-likeness (QED) is 0.389. The molecule has 2 saturated heterocycles. The van der Waals surface area contributed by atoms with E-state index >= 15 is 0 Å². The number of benzene rings is 2. The molecule has 0 spiro atoms. The molecule has 1 unspecified atom stereocenters. The molecule has 6 atom stereocenters. The number of hydrogen-bond acceptors (Lipinski definition) is 8. The molecule has 2 fully saturated rings. The zero-order valence-corrected chi connectivity index (χ0v) is 19.5. The van der Waals surface area contributed by atoms with Crippen LogP contribution in [0.15, 0.2) is 42.5 Å². The van der Waals surface area contributed by atoms with Gasteiger partial charge in [0.15, 0.2) is 0 Å². The van der Waals surface area contributed by atoms with Gasteiger partial charge in [-0.2, -0.15) is 0 Å². The smallest absolute Gasteiger partial charge is 0.119 e. The SMILES string of the molecule is OC[C@H]1OC(c2ccc(Cl)c(Cc3ccc(OCCO[C@@H]4CCOC4)cc3)c2)[C@H](O)[C@@H](O)[C@@H]1O. The normalized spacial score (nSPS) is 29.3. The van der Waals surface area contributed by atoms with Crippen LogP contribution in [0.1, 0.15) is 29.2 Å². The van der Waals surface area contributed by atoms with Gasteiger partial charge in [0.05, 0.1) is 25.9 Å². The molecule has 2 aliphatic heterocycles. The molecule has 2 heterocycles. The number of aliphatic hydroxyl groups is 4. The molecule has 9 heteroatoms. The molecule has 0 radical (unpaired) electrons. The van der Waals surface area contributed by atoms with Crippen molar-refractivity contribution in [3.63, 3.8) is 0 Å². The fourth-order valence-corrected chi connectivity index (χ4v) is 4.41. The van der Waals surface area contributed by atoms with Gasteiger partial charge in [-0.25, -0.2) is 0 Å². The number of ether oxygens (including phenoxy) is 4. The van der Waals surface area contributed by atoms with Crippen molar-refractivity contribution < 1.29 is 39.4 Å². The third kappa shape index (κ3) is 6.08. The van der Waals surface area contributed by atoms with Gasteiger partial charge < -0.3 is 39.4 Å². The summed E-state index contributed by atoms with van der Waals surface area (Å²) < 4.78 is 22.4. The second kappa shape index (κ2) is 11.8. The van der Waals surface area contributed by atoms with E-state index in [4.69, 9.17) is 30.5 Å². The predicted octanol–water partition coefficient (Wildman–Crippen LogP) is 1.63. The molecule has 2 aromatic carbocycles. The summed E-state index contributed by atoms with van der Waals surface area (Å²) in [5.41, 5.74) is 2.43. The van der Waals surface area contributed by atoms with Crippen LogP contribution in [0.2, 0.25) is 5.02 Å². The van der Waals surface area contributed by atoms with Gasteiger partial charge in [-0.1, -0.05) is 35.9 Å². The van der Waals surface area contributed by atoms with Crippen LogP contribution >= 0.6 is 11.6 Å². The van der Waals surface area contributed by atoms with Gasteiger partial charge >= 0.3 is 0 Å². The minimum absolute atomic E-state index is 0.162. The molecular formula is C25H31ClO8. The van der Waals surface area contributed by atoms with Gasteiger partial charge in [0.25, 0.3) is 0 Å². The molecule has 0 amide bonds. The van der Waals surface area contributed by atoms with Crippen molar-refractivity contribution in [3.05, 3.63) is 64.2 Å². The van der Waals surface area contributed by atoms with Crippen molar-refractivity contribution in [3.8, 4) is 5.75 Å². The molecule has 0 saturated carbocycles. The Kier molecular flexibility index (Phi) is 8.79. The van der Waals surface area contributed by atoms with Gasteiger partial charge in [0, 0.05) is 11.6 Å². The standard InChI is InChI=1S/C25H31ClO8/c26-20-6-3-16(25-24(30)23(29)22(28)21(13-27)34-25)12-17(20)11-15-1-4-18(5-2-15)32-9-10-33-19-7-8-31-14-19/h1-6,12,19,21-25,27-30H,7-11,13-14H2/t19-,21-,22-,23+,24-,25?/m1/s1. The number of aliphatic hydroxyl groups excluding tert-OH is 4. The van der Waals surface area contributed by atoms with Crippen LogP contribution in [0.25, 0.3) is 0 Å². The predicted molar refractivity (Wildman–Crippen MR) is 124 cm³/mol. The highest BCUT2D eigenvalue weighted by Crippen LogP contribution is 2.34. The minimum atomic E-state index is -1.43. The molecule has 34 heavy (non-hydrogen) atoms. The highest BCUT2D eigenvalue weighted by atomic mass is 35.5. The third-order valence-electron chi connectivity index (χ3n) is 6.20. The lowest BCUT2D eigenvalue weighted by Crippen LogP contribution is -2.55. The summed E-state index contributed by atoms with van der Waals surface area (Å²) >= 11 is 6.42. The molecule has 0 bridgehead atoms. The van der Waals surface area contributed by atoms with Crippen LogP contribution < -0.4 is 4.74 Å². The molecule has 4 rings (SSSR count). The Morgan fingerprint density at radius 1 is 0.971 bits per heavy atom. The third-order valence-corrected chi connectivity index (χ3v) is 6.57. The Bertz CT molecular complexity index is 916. The van der Waals surface area contributed by atoms with Crippen molar-refractivity contribution in [2.75, 3.05) is 33.0 Å². The largest absolute Gasteiger partial charge is 0.491 e. The van der Waals surface area contributed by atoms with E-state index in [1.54, 1.807) is 12.1 Å². The highest BCUT2D eigenvalue weighted by Gasteiger charge is 2.44. The van der Waals surface area contributed by atoms with Crippen molar-refractivity contribution in [2.45, 2.75) is 49.5 Å². The van der Waals surface area contributed by atoms with E-state index in [0.717, 1.165) is 29.9 Å². The molecule has 2 aliphatic rings. The first-order chi connectivity index (χ1) is 16.5. The molecular weight excluding hydrogens is 464 g/mol. The maximum Gasteiger partial charge on any atom is 0.119 e. The average Bonchev–Trinajstić information content (AvgIpc) is 3.37. The van der Waals surface area contributed by atoms with Gasteiger partial charge in [-0.3, -0.25) is 0 Å². The van der Waals surface area contributed by atoms with Crippen molar-refractivity contribution >= 4 is 11.6 Å². The maximum atomic E-state index is 10.4. The van der Waals surface area contributed by atoms with Crippen LogP contribution in [-0.4, -0.2) is 84.0 Å². The van der Waals surface area contributed by atoms with E-state index in [2.05, 4.69) is 0 Å². The van der Waals surface area contributed by atoms with E-state index in [-0.39, 0.29) is 6.10 Å². The van der Waals surface area contributed by atoms with Crippen LogP contribution in [0.4, 0.5) is 0 Å². The Morgan fingerprint density at radius 2 is 1.76 bits per heavy atom. The summed E-state index contributed by atoms with van der Waals surface area (Å²) in [7, 11) is 0. The molecule has 0 aromatic heterocycles. The summed E-state index contributed by atoms with van der Waals surface area (Å²) in [6.07, 6.45) is -4.41. The number of hydrogen-bond donors (Lipinski definition) is 4. The molecule has 8 nitrogen and oxygen atoms in total. The Hall–Kier alpha value is -1.75. The minimum Gasteiger partial charge on any atom is -0.491 e. The van der Waals surface area contributed by atoms with E-state index in [9.17, 15) is 20.4 Å². The first-order valence-corrected chi connectivity index (χ1v) is 11.8. The molecule has 2 aromatic rings. The summed E-state index contributed by atoms with van der Waals surface area (Å²) in [5.74, 6) is 0.746. The van der Waals surface area contributed by atoms with Gasteiger partial charge in [0.1, 0.15) is 42.9 Å². The van der Waals surface area contributed by atoms with E-state index in [0.29, 0.717) is 36.8 Å². The van der Waals surface area contributed by atoms with Gasteiger partial charge in [-0.05, 0) is 47.7 Å². The lowest BCUT2D eigenvalue weighted by molar-refractivity contribution is -0.231. The Balaban J connectivity index is 1.36. The second-order valence-electron chi connectivity index (χ2n) is 8.63. The number of halogens is 1. The summed E-state index contributed by atoms with van der Waals surface area (Å²) in [6, 6.07) is 12.9. The van der Waals surface area contributed by atoms with Crippen molar-refractivity contribution in [2.24, 2.45) is 0 Å². The Labute approximate surface area is 203 Å². The van der Waals surface area contributed by atoms with Gasteiger partial charge in [0.2, 0.25) is 0 Å². The molecule has 4 N–H and O–H groups in total. The molecule has 186 valence electrons.